The Bertz CT molecular complexity index is 577. The monoisotopic (exact) mass is 312 g/mol. The predicted molar refractivity (Wildman–Crippen MR) is 104 cm³/mol. The Balaban J connectivity index is 2.18. The topological polar surface area (TPSA) is 29.3 Å². The molecule has 2 rings (SSSR count). The summed E-state index contributed by atoms with van der Waals surface area (Å²) < 4.78 is 0. The highest BCUT2D eigenvalue weighted by Crippen LogP contribution is 2.37. The van der Waals surface area contributed by atoms with Gasteiger partial charge in [-0.1, -0.05) is 26.0 Å². The molecule has 1 fully saturated rings. The molecule has 1 saturated heterocycles. The van der Waals surface area contributed by atoms with Crippen molar-refractivity contribution in [3.8, 4) is 0 Å². The van der Waals surface area contributed by atoms with Crippen molar-refractivity contribution >= 4 is 16.9 Å². The molecule has 2 nitrogen and oxygen atoms in total. The van der Waals surface area contributed by atoms with Gasteiger partial charge in [0.1, 0.15) is 0 Å². The molecule has 1 aliphatic heterocycles. The van der Waals surface area contributed by atoms with Gasteiger partial charge in [0.05, 0.1) is 11.4 Å². The first-order valence-electron chi connectivity index (χ1n) is 8.67. The lowest BCUT2D eigenvalue weighted by atomic mass is 9.82. The molecule has 2 N–H and O–H groups in total. The van der Waals surface area contributed by atoms with Crippen LogP contribution in [-0.2, 0) is 0 Å². The summed E-state index contributed by atoms with van der Waals surface area (Å²) in [6.07, 6.45) is 4.38. The van der Waals surface area contributed by atoms with E-state index in [9.17, 15) is 0 Å². The van der Waals surface area contributed by atoms with Crippen LogP contribution in [0, 0.1) is 12.3 Å². The summed E-state index contributed by atoms with van der Waals surface area (Å²) >= 11 is 0. The van der Waals surface area contributed by atoms with Gasteiger partial charge in [-0.05, 0) is 73.8 Å². The molecule has 0 unspecified atom stereocenters. The van der Waals surface area contributed by atoms with Gasteiger partial charge in [0.2, 0.25) is 0 Å². The Hall–Kier alpha value is -1.70. The van der Waals surface area contributed by atoms with E-state index >= 15 is 0 Å². The molecule has 0 aromatic heterocycles. The van der Waals surface area contributed by atoms with Gasteiger partial charge in [-0.3, -0.25) is 0 Å². The van der Waals surface area contributed by atoms with Gasteiger partial charge in [0, 0.05) is 13.1 Å². The van der Waals surface area contributed by atoms with Crippen molar-refractivity contribution in [1.29, 1.82) is 0 Å². The van der Waals surface area contributed by atoms with Crippen molar-refractivity contribution in [2.45, 2.75) is 53.4 Å². The first-order chi connectivity index (χ1) is 10.7. The van der Waals surface area contributed by atoms with E-state index in [1.54, 1.807) is 0 Å². The fourth-order valence-corrected chi connectivity index (χ4v) is 3.29. The summed E-state index contributed by atoms with van der Waals surface area (Å²) in [6, 6.07) is 4.34. The number of benzene rings is 1. The summed E-state index contributed by atoms with van der Waals surface area (Å²) in [5.41, 5.74) is 13.7. The van der Waals surface area contributed by atoms with Gasteiger partial charge in [-0.15, -0.1) is 6.58 Å². The number of hydrogen-bond donors (Lipinski definition) is 1. The first kappa shape index (κ1) is 17.7. The number of allylic oxidation sites excluding steroid dienone is 2. The summed E-state index contributed by atoms with van der Waals surface area (Å²) in [5.74, 6) is 0. The van der Waals surface area contributed by atoms with Gasteiger partial charge >= 0.3 is 0 Å². The zero-order valence-corrected chi connectivity index (χ0v) is 15.3. The van der Waals surface area contributed by atoms with Crippen LogP contribution in [0.4, 0.5) is 11.4 Å². The van der Waals surface area contributed by atoms with Crippen molar-refractivity contribution in [2.24, 2.45) is 5.41 Å². The molecule has 1 heterocycles. The molecular formula is C21H32N2. The van der Waals surface area contributed by atoms with Gasteiger partial charge < -0.3 is 10.6 Å². The number of nitrogens with zero attached hydrogens (tertiary/aromatic N) is 1. The minimum Gasteiger partial charge on any atom is -0.397 e. The minimum absolute atomic E-state index is 0.454. The van der Waals surface area contributed by atoms with E-state index in [0.717, 1.165) is 37.2 Å². The summed E-state index contributed by atoms with van der Waals surface area (Å²) in [7, 11) is 0. The average molecular weight is 313 g/mol. The zero-order valence-electron chi connectivity index (χ0n) is 15.3. The minimum atomic E-state index is 0.454. The number of aryl methyl sites for hydroxylation is 1. The van der Waals surface area contributed by atoms with E-state index in [1.165, 1.54) is 35.2 Å². The third-order valence-corrected chi connectivity index (χ3v) is 5.02. The molecule has 23 heavy (non-hydrogen) atoms. The van der Waals surface area contributed by atoms with E-state index in [2.05, 4.69) is 57.9 Å². The average Bonchev–Trinajstić information content (AvgIpc) is 2.45. The molecule has 2 heteroatoms. The van der Waals surface area contributed by atoms with Crippen LogP contribution in [0.25, 0.3) is 5.57 Å². The highest BCUT2D eigenvalue weighted by Gasteiger charge is 2.27. The quantitative estimate of drug-likeness (QED) is 0.568. The maximum Gasteiger partial charge on any atom is 0.0630 e. The third kappa shape index (κ3) is 4.40. The lowest BCUT2D eigenvalue weighted by molar-refractivity contribution is 0.280. The highest BCUT2D eigenvalue weighted by atomic mass is 15.1. The largest absolute Gasteiger partial charge is 0.397 e. The maximum absolute atomic E-state index is 6.41. The van der Waals surface area contributed by atoms with Crippen molar-refractivity contribution in [1.82, 2.24) is 0 Å². The van der Waals surface area contributed by atoms with Crippen molar-refractivity contribution in [3.63, 3.8) is 0 Å². The Morgan fingerprint density at radius 2 is 1.78 bits per heavy atom. The molecule has 0 amide bonds. The van der Waals surface area contributed by atoms with Gasteiger partial charge in [0.25, 0.3) is 0 Å². The van der Waals surface area contributed by atoms with E-state index in [0.29, 0.717) is 5.41 Å². The lowest BCUT2D eigenvalue weighted by Crippen LogP contribution is -2.38. The molecule has 1 aromatic carbocycles. The van der Waals surface area contributed by atoms with Crippen LogP contribution < -0.4 is 10.6 Å². The van der Waals surface area contributed by atoms with Gasteiger partial charge in [-0.2, -0.15) is 0 Å². The summed E-state index contributed by atoms with van der Waals surface area (Å²) in [5, 5.41) is 0. The Morgan fingerprint density at radius 1 is 1.17 bits per heavy atom. The molecule has 0 radical (unpaired) electrons. The molecule has 0 aliphatic carbocycles. The molecule has 126 valence electrons. The highest BCUT2D eigenvalue weighted by molar-refractivity contribution is 5.78. The molecular weight excluding hydrogens is 280 g/mol. The molecule has 1 aliphatic rings. The van der Waals surface area contributed by atoms with Crippen molar-refractivity contribution < 1.29 is 0 Å². The second-order valence-corrected chi connectivity index (χ2v) is 7.94. The van der Waals surface area contributed by atoms with Gasteiger partial charge in [-0.25, -0.2) is 0 Å². The number of nitrogen functional groups attached to an aromatic ring is 1. The fraction of sp³-hybridized carbons (Fsp3) is 0.524. The first-order valence-corrected chi connectivity index (χ1v) is 8.67. The molecule has 0 bridgehead atoms. The third-order valence-electron chi connectivity index (χ3n) is 5.02. The van der Waals surface area contributed by atoms with Crippen LogP contribution in [0.1, 0.15) is 57.6 Å². The maximum atomic E-state index is 6.41. The molecule has 0 atom stereocenters. The van der Waals surface area contributed by atoms with Crippen LogP contribution in [0.15, 0.2) is 30.9 Å². The number of hydrogen-bond acceptors (Lipinski definition) is 2. The van der Waals surface area contributed by atoms with Crippen LogP contribution in [0.2, 0.25) is 0 Å². The Labute approximate surface area is 142 Å². The Kier molecular flexibility index (Phi) is 5.23. The molecule has 0 spiro atoms. The second-order valence-electron chi connectivity index (χ2n) is 7.94. The van der Waals surface area contributed by atoms with E-state index in [4.69, 9.17) is 5.73 Å². The van der Waals surface area contributed by atoms with Crippen LogP contribution >= 0.6 is 0 Å². The van der Waals surface area contributed by atoms with E-state index in [1.807, 2.05) is 0 Å². The van der Waals surface area contributed by atoms with Gasteiger partial charge in [0.15, 0.2) is 0 Å². The molecule has 0 saturated carbocycles. The standard InChI is InChI=1S/C21H32N2/c1-15(2)7-8-16(3)18-13-17(4)20(19(22)14-18)23-11-9-21(5,6)10-12-23/h13-14H,1,3,7-12,22H2,2,4-6H3. The van der Waals surface area contributed by atoms with E-state index in [-0.39, 0.29) is 0 Å². The normalized spacial score (nSPS) is 17.1. The number of anilines is 2. The van der Waals surface area contributed by atoms with Crippen molar-refractivity contribution in [2.75, 3.05) is 23.7 Å². The van der Waals surface area contributed by atoms with Crippen LogP contribution in [0.3, 0.4) is 0 Å². The Morgan fingerprint density at radius 3 is 2.30 bits per heavy atom. The van der Waals surface area contributed by atoms with Crippen LogP contribution in [0.5, 0.6) is 0 Å². The zero-order chi connectivity index (χ0) is 17.2. The van der Waals surface area contributed by atoms with E-state index < -0.39 is 0 Å². The lowest BCUT2D eigenvalue weighted by Gasteiger charge is -2.39. The van der Waals surface area contributed by atoms with Crippen LogP contribution in [-0.4, -0.2) is 13.1 Å². The summed E-state index contributed by atoms with van der Waals surface area (Å²) in [4.78, 5) is 2.45. The number of rotatable bonds is 5. The number of piperidine rings is 1. The second kappa shape index (κ2) is 6.82. The predicted octanol–water partition coefficient (Wildman–Crippen LogP) is 5.57. The fourth-order valence-electron chi connectivity index (χ4n) is 3.29. The smallest absolute Gasteiger partial charge is 0.0630 e. The molecule has 1 aromatic rings. The summed E-state index contributed by atoms with van der Waals surface area (Å²) in [6.45, 7) is 19.3. The SMILES string of the molecule is C=C(C)CCC(=C)c1cc(C)c(N2CCC(C)(C)CC2)c(N)c1. The number of nitrogens with two attached hydrogens (primary N) is 1. The van der Waals surface area contributed by atoms with Crippen molar-refractivity contribution in [3.05, 3.63) is 42.0 Å².